The summed E-state index contributed by atoms with van der Waals surface area (Å²) in [6, 6.07) is 12.6. The normalized spacial score (nSPS) is 24.7. The molecule has 2 fully saturated rings. The van der Waals surface area contributed by atoms with Gasteiger partial charge in [0.2, 0.25) is 5.95 Å². The molecule has 0 radical (unpaired) electrons. The molecule has 1 saturated heterocycles. The Morgan fingerprint density at radius 2 is 1.83 bits per heavy atom. The van der Waals surface area contributed by atoms with Gasteiger partial charge in [-0.1, -0.05) is 30.3 Å². The Bertz CT molecular complexity index is 1420. The Morgan fingerprint density at radius 3 is 2.50 bits per heavy atom. The number of hydrogen-bond donors (Lipinski definition) is 2. The lowest BCUT2D eigenvalue weighted by atomic mass is 9.70. The average Bonchev–Trinajstić information content (AvgIpc) is 3.29. The first-order chi connectivity index (χ1) is 17.3. The zero-order valence-electron chi connectivity index (χ0n) is 19.8. The number of nitrogens with zero attached hydrogens (tertiary/aromatic N) is 4. The number of nitrogens with one attached hydrogen (secondary N) is 1. The van der Waals surface area contributed by atoms with Gasteiger partial charge >= 0.3 is 6.18 Å². The zero-order chi connectivity index (χ0) is 25.1. The van der Waals surface area contributed by atoms with Crippen LogP contribution in [0.25, 0.3) is 16.6 Å². The number of alkyl halides is 3. The second-order valence-corrected chi connectivity index (χ2v) is 9.81. The Morgan fingerprint density at radius 1 is 1.06 bits per heavy atom. The van der Waals surface area contributed by atoms with Crippen LogP contribution in [0, 0.1) is 0 Å². The predicted octanol–water partition coefficient (Wildman–Crippen LogP) is 5.06. The highest BCUT2D eigenvalue weighted by atomic mass is 19.4. The van der Waals surface area contributed by atoms with Crippen molar-refractivity contribution in [1.82, 2.24) is 24.9 Å². The summed E-state index contributed by atoms with van der Waals surface area (Å²) in [5.41, 5.74) is 6.82. The maximum absolute atomic E-state index is 14.0. The molecular weight excluding hydrogens is 469 g/mol. The number of nitrogen functional groups attached to an aromatic ring is 1. The molecule has 3 heterocycles. The number of aromatic nitrogens is 4. The summed E-state index contributed by atoms with van der Waals surface area (Å²) in [5.74, 6) is 1.96. The third-order valence-electron chi connectivity index (χ3n) is 7.79. The van der Waals surface area contributed by atoms with Crippen LogP contribution in [0.3, 0.4) is 0 Å². The SMILES string of the molecule is COc1cccc2c1nc(N)n1nc(C3CC(c4ccc(C5(C(F)(F)F)CCCCN5)cc4)C3)nc21. The van der Waals surface area contributed by atoms with E-state index in [1.807, 2.05) is 30.3 Å². The molecule has 2 aliphatic rings. The van der Waals surface area contributed by atoms with Gasteiger partial charge in [0.05, 0.1) is 7.11 Å². The molecule has 2 aromatic carbocycles. The first-order valence-electron chi connectivity index (χ1n) is 12.2. The maximum Gasteiger partial charge on any atom is 0.410 e. The molecule has 10 heteroatoms. The van der Waals surface area contributed by atoms with Crippen LogP contribution >= 0.6 is 0 Å². The van der Waals surface area contributed by atoms with E-state index in [1.54, 1.807) is 23.8 Å². The molecule has 0 amide bonds. The van der Waals surface area contributed by atoms with E-state index in [0.717, 1.165) is 30.2 Å². The smallest absolute Gasteiger partial charge is 0.410 e. The van der Waals surface area contributed by atoms with Crippen molar-refractivity contribution < 1.29 is 17.9 Å². The third-order valence-corrected chi connectivity index (χ3v) is 7.79. The van der Waals surface area contributed by atoms with Crippen LogP contribution in [0.15, 0.2) is 42.5 Å². The van der Waals surface area contributed by atoms with Crippen LogP contribution in [0.5, 0.6) is 5.75 Å². The van der Waals surface area contributed by atoms with Gasteiger partial charge in [-0.3, -0.25) is 5.32 Å². The van der Waals surface area contributed by atoms with Crippen LogP contribution < -0.4 is 15.8 Å². The highest BCUT2D eigenvalue weighted by molar-refractivity contribution is 5.95. The molecule has 3 N–H and O–H groups in total. The minimum absolute atomic E-state index is 0.0689. The number of para-hydroxylation sites is 1. The number of methoxy groups -OCH3 is 1. The van der Waals surface area contributed by atoms with Crippen LogP contribution in [-0.2, 0) is 5.54 Å². The van der Waals surface area contributed by atoms with Gasteiger partial charge in [-0.25, -0.2) is 9.97 Å². The van der Waals surface area contributed by atoms with Gasteiger partial charge in [-0.15, -0.1) is 5.10 Å². The highest BCUT2D eigenvalue weighted by Crippen LogP contribution is 2.48. The number of halogens is 3. The lowest BCUT2D eigenvalue weighted by Crippen LogP contribution is -2.56. The van der Waals surface area contributed by atoms with E-state index in [4.69, 9.17) is 15.5 Å². The molecule has 4 aromatic rings. The van der Waals surface area contributed by atoms with E-state index < -0.39 is 11.7 Å². The number of fused-ring (bicyclic) bond motifs is 3. The molecular formula is C26H27F3N6O. The number of nitrogens with two attached hydrogens (primary N) is 1. The highest BCUT2D eigenvalue weighted by Gasteiger charge is 2.56. The Hall–Kier alpha value is -3.40. The van der Waals surface area contributed by atoms with E-state index in [2.05, 4.69) is 15.4 Å². The minimum Gasteiger partial charge on any atom is -0.494 e. The van der Waals surface area contributed by atoms with Gasteiger partial charge in [-0.2, -0.15) is 17.7 Å². The quantitative estimate of drug-likeness (QED) is 0.411. The van der Waals surface area contributed by atoms with Gasteiger partial charge in [0, 0.05) is 11.3 Å². The van der Waals surface area contributed by atoms with Crippen molar-refractivity contribution in [3.05, 3.63) is 59.4 Å². The molecule has 1 atom stereocenters. The molecule has 0 spiro atoms. The Balaban J connectivity index is 1.23. The first kappa shape index (κ1) is 23.0. The van der Waals surface area contributed by atoms with Crippen LogP contribution in [-0.4, -0.2) is 39.4 Å². The van der Waals surface area contributed by atoms with Crippen LogP contribution in [0.1, 0.15) is 60.9 Å². The van der Waals surface area contributed by atoms with Gasteiger partial charge < -0.3 is 10.5 Å². The van der Waals surface area contributed by atoms with E-state index in [-0.39, 0.29) is 24.2 Å². The van der Waals surface area contributed by atoms with Gasteiger partial charge in [-0.05, 0) is 67.8 Å². The van der Waals surface area contributed by atoms with E-state index in [0.29, 0.717) is 41.3 Å². The van der Waals surface area contributed by atoms with Crippen molar-refractivity contribution in [2.24, 2.45) is 0 Å². The molecule has 1 unspecified atom stereocenters. The van der Waals surface area contributed by atoms with E-state index in [9.17, 15) is 13.2 Å². The van der Waals surface area contributed by atoms with Gasteiger partial charge in [0.25, 0.3) is 0 Å². The standard InChI is InChI=1S/C26H27F3N6O/c1-36-20-6-4-5-19-21(20)32-24(30)35-23(19)33-22(34-35)17-13-16(14-17)15-7-9-18(10-8-15)25(26(27,28)29)11-2-3-12-31-25/h4-10,16-17,31H,2-3,11-14H2,1H3,(H2,30,32). The lowest BCUT2D eigenvalue weighted by molar-refractivity contribution is -0.207. The van der Waals surface area contributed by atoms with Crippen molar-refractivity contribution >= 4 is 22.5 Å². The minimum atomic E-state index is -4.34. The topological polar surface area (TPSA) is 90.4 Å². The molecule has 1 saturated carbocycles. The summed E-state index contributed by atoms with van der Waals surface area (Å²) in [7, 11) is 1.59. The first-order valence-corrected chi connectivity index (χ1v) is 12.2. The summed E-state index contributed by atoms with van der Waals surface area (Å²) in [6.07, 6.45) is -1.29. The monoisotopic (exact) mass is 496 g/mol. The molecule has 1 aliphatic heterocycles. The van der Waals surface area contributed by atoms with Crippen molar-refractivity contribution in [1.29, 1.82) is 0 Å². The molecule has 36 heavy (non-hydrogen) atoms. The molecule has 7 nitrogen and oxygen atoms in total. The van der Waals surface area contributed by atoms with Crippen LogP contribution in [0.4, 0.5) is 19.1 Å². The Kier molecular flexibility index (Phi) is 5.33. The van der Waals surface area contributed by atoms with Gasteiger partial charge in [0.15, 0.2) is 11.5 Å². The van der Waals surface area contributed by atoms with Gasteiger partial charge in [0.1, 0.15) is 16.8 Å². The summed E-state index contributed by atoms with van der Waals surface area (Å²) >= 11 is 0. The number of rotatable bonds is 4. The number of anilines is 1. The molecule has 0 bridgehead atoms. The second kappa shape index (κ2) is 8.33. The average molecular weight is 497 g/mol. The van der Waals surface area contributed by atoms with Crippen molar-refractivity contribution in [2.45, 2.75) is 55.7 Å². The summed E-state index contributed by atoms with van der Waals surface area (Å²) in [4.78, 5) is 9.23. The number of hydrogen-bond acceptors (Lipinski definition) is 6. The molecule has 6 rings (SSSR count). The maximum atomic E-state index is 14.0. The fraction of sp³-hybridized carbons (Fsp3) is 0.423. The van der Waals surface area contributed by atoms with Crippen molar-refractivity contribution in [2.75, 3.05) is 19.4 Å². The summed E-state index contributed by atoms with van der Waals surface area (Å²) in [5, 5.41) is 8.20. The van der Waals surface area contributed by atoms with Crippen LogP contribution in [0.2, 0.25) is 0 Å². The Labute approximate surface area is 205 Å². The van der Waals surface area contributed by atoms with E-state index >= 15 is 0 Å². The predicted molar refractivity (Wildman–Crippen MR) is 130 cm³/mol. The third kappa shape index (κ3) is 3.49. The summed E-state index contributed by atoms with van der Waals surface area (Å²) < 4.78 is 49.0. The largest absolute Gasteiger partial charge is 0.494 e. The number of piperidine rings is 1. The van der Waals surface area contributed by atoms with Crippen molar-refractivity contribution in [3.8, 4) is 5.75 Å². The second-order valence-electron chi connectivity index (χ2n) is 9.81. The number of ether oxygens (including phenoxy) is 1. The fourth-order valence-corrected chi connectivity index (χ4v) is 5.68. The molecule has 188 valence electrons. The van der Waals surface area contributed by atoms with Crippen molar-refractivity contribution in [3.63, 3.8) is 0 Å². The zero-order valence-corrected chi connectivity index (χ0v) is 19.8. The molecule has 1 aliphatic carbocycles. The lowest BCUT2D eigenvalue weighted by Gasteiger charge is -2.40. The summed E-state index contributed by atoms with van der Waals surface area (Å²) in [6.45, 7) is 0.375. The molecule has 2 aromatic heterocycles. The number of benzene rings is 2. The van der Waals surface area contributed by atoms with E-state index in [1.165, 1.54) is 0 Å². The fourth-order valence-electron chi connectivity index (χ4n) is 5.68.